The Balaban J connectivity index is 1.66. The van der Waals surface area contributed by atoms with Gasteiger partial charge in [0, 0.05) is 42.7 Å². The fourth-order valence-electron chi connectivity index (χ4n) is 5.23. The predicted molar refractivity (Wildman–Crippen MR) is 105 cm³/mol. The van der Waals surface area contributed by atoms with Gasteiger partial charge in [0.2, 0.25) is 0 Å². The molecule has 2 aliphatic heterocycles. The summed E-state index contributed by atoms with van der Waals surface area (Å²) in [5.74, 6) is -0.0928. The third kappa shape index (κ3) is 2.47. The fraction of sp³-hybridized carbons (Fsp3) is 0.348. The molecule has 1 saturated heterocycles. The Morgan fingerprint density at radius 3 is 2.56 bits per heavy atom. The maximum absolute atomic E-state index is 12.8. The maximum atomic E-state index is 12.8. The number of carbonyl (C=O) groups excluding carboxylic acids is 1. The van der Waals surface area contributed by atoms with Crippen LogP contribution in [0.1, 0.15) is 29.3 Å². The molecule has 0 aliphatic carbocycles. The van der Waals surface area contributed by atoms with Gasteiger partial charge in [-0.15, -0.1) is 0 Å². The van der Waals surface area contributed by atoms with Crippen molar-refractivity contribution in [2.45, 2.75) is 31.5 Å². The third-order valence-corrected chi connectivity index (χ3v) is 6.49. The van der Waals surface area contributed by atoms with E-state index >= 15 is 0 Å². The molecule has 0 amide bonds. The highest BCUT2D eigenvalue weighted by molar-refractivity contribution is 5.89. The molecular formula is C23H24N2O2. The van der Waals surface area contributed by atoms with Gasteiger partial charge in [0.25, 0.3) is 0 Å². The molecular weight excluding hydrogens is 336 g/mol. The summed E-state index contributed by atoms with van der Waals surface area (Å²) in [4.78, 5) is 15.2. The second kappa shape index (κ2) is 6.32. The minimum Gasteiger partial charge on any atom is -0.396 e. The molecule has 3 heterocycles. The van der Waals surface area contributed by atoms with Gasteiger partial charge in [0.1, 0.15) is 5.78 Å². The Morgan fingerprint density at radius 2 is 1.78 bits per heavy atom. The van der Waals surface area contributed by atoms with E-state index in [1.807, 2.05) is 6.07 Å². The van der Waals surface area contributed by atoms with Crippen LogP contribution in [0.2, 0.25) is 0 Å². The van der Waals surface area contributed by atoms with E-state index in [1.54, 1.807) is 0 Å². The molecule has 2 aliphatic rings. The molecule has 2 aromatic carbocycles. The lowest BCUT2D eigenvalue weighted by atomic mass is 9.75. The van der Waals surface area contributed by atoms with Crippen molar-refractivity contribution < 1.29 is 9.90 Å². The number of aliphatic hydroxyl groups excluding tert-OH is 1. The van der Waals surface area contributed by atoms with Crippen LogP contribution >= 0.6 is 0 Å². The van der Waals surface area contributed by atoms with E-state index in [1.165, 1.54) is 27.7 Å². The summed E-state index contributed by atoms with van der Waals surface area (Å²) in [7, 11) is 2.12. The number of carbonyl (C=O) groups is 1. The molecule has 138 valence electrons. The van der Waals surface area contributed by atoms with Crippen molar-refractivity contribution in [1.29, 1.82) is 0 Å². The minimum absolute atomic E-state index is 0.0553. The van der Waals surface area contributed by atoms with E-state index < -0.39 is 0 Å². The fourth-order valence-corrected chi connectivity index (χ4v) is 5.23. The molecule has 0 saturated carbocycles. The number of fused-ring (bicyclic) bond motifs is 6. The number of hydrogen-bond donors (Lipinski definition) is 1. The van der Waals surface area contributed by atoms with Crippen LogP contribution in [0.5, 0.6) is 0 Å². The van der Waals surface area contributed by atoms with Crippen LogP contribution < -0.4 is 0 Å². The summed E-state index contributed by atoms with van der Waals surface area (Å²) in [6.07, 6.45) is 1.29. The van der Waals surface area contributed by atoms with Gasteiger partial charge >= 0.3 is 0 Å². The lowest BCUT2D eigenvalue weighted by Gasteiger charge is -2.49. The summed E-state index contributed by atoms with van der Waals surface area (Å²) in [6, 6.07) is 19.1. The van der Waals surface area contributed by atoms with E-state index in [-0.39, 0.29) is 30.4 Å². The number of aliphatic hydroxyl groups is 1. The molecule has 3 atom stereocenters. The Kier molecular flexibility index (Phi) is 3.92. The zero-order chi connectivity index (χ0) is 18.5. The molecule has 0 radical (unpaired) electrons. The monoisotopic (exact) mass is 360 g/mol. The van der Waals surface area contributed by atoms with E-state index in [4.69, 9.17) is 0 Å². The summed E-state index contributed by atoms with van der Waals surface area (Å²) in [6.45, 7) is 0.739. The van der Waals surface area contributed by atoms with Crippen molar-refractivity contribution in [2.75, 3.05) is 6.61 Å². The van der Waals surface area contributed by atoms with Gasteiger partial charge in [0.15, 0.2) is 0 Å². The van der Waals surface area contributed by atoms with E-state index in [2.05, 4.69) is 65.0 Å². The number of nitrogens with zero attached hydrogens (tertiary/aromatic N) is 2. The average Bonchev–Trinajstić information content (AvgIpc) is 2.97. The highest BCUT2D eigenvalue weighted by atomic mass is 16.3. The average molecular weight is 360 g/mol. The van der Waals surface area contributed by atoms with Crippen LogP contribution in [0, 0.1) is 5.92 Å². The first-order valence-electron chi connectivity index (χ1n) is 9.68. The van der Waals surface area contributed by atoms with Gasteiger partial charge in [-0.3, -0.25) is 9.69 Å². The second-order valence-corrected chi connectivity index (χ2v) is 7.84. The van der Waals surface area contributed by atoms with Crippen LogP contribution in [0.3, 0.4) is 0 Å². The Morgan fingerprint density at radius 1 is 1.04 bits per heavy atom. The number of para-hydroxylation sites is 1. The van der Waals surface area contributed by atoms with E-state index in [0.717, 1.165) is 13.0 Å². The minimum atomic E-state index is -0.294. The number of piperidine rings is 1. The zero-order valence-electron chi connectivity index (χ0n) is 15.5. The molecule has 1 aromatic heterocycles. The van der Waals surface area contributed by atoms with Crippen LogP contribution in [0.4, 0.5) is 0 Å². The van der Waals surface area contributed by atoms with Crippen molar-refractivity contribution in [1.82, 2.24) is 9.47 Å². The summed E-state index contributed by atoms with van der Waals surface area (Å²) in [5.41, 5.74) is 5.11. The highest BCUT2D eigenvalue weighted by Crippen LogP contribution is 2.46. The smallest absolute Gasteiger partial charge is 0.141 e. The first-order valence-corrected chi connectivity index (χ1v) is 9.68. The van der Waals surface area contributed by atoms with Gasteiger partial charge in [-0.25, -0.2) is 0 Å². The predicted octanol–water partition coefficient (Wildman–Crippen LogP) is 3.23. The molecule has 3 aromatic rings. The van der Waals surface area contributed by atoms with Crippen LogP contribution in [-0.4, -0.2) is 33.0 Å². The van der Waals surface area contributed by atoms with Crippen molar-refractivity contribution >= 4 is 16.7 Å². The number of ketones is 1. The van der Waals surface area contributed by atoms with Gasteiger partial charge in [0.05, 0.1) is 18.6 Å². The summed E-state index contributed by atoms with van der Waals surface area (Å²) >= 11 is 0. The quantitative estimate of drug-likeness (QED) is 0.780. The van der Waals surface area contributed by atoms with Gasteiger partial charge in [-0.2, -0.15) is 0 Å². The number of hydrogen-bond acceptors (Lipinski definition) is 3. The van der Waals surface area contributed by atoms with E-state index in [0.29, 0.717) is 6.42 Å². The standard InChI is InChI=1S/C23H24N2O2/c1-24-19-10-6-5-9-16(19)17-11-20-18(14-26)22(27)12-21(23(17)24)25(20)13-15-7-3-2-4-8-15/h2-10,18,20-21,26H,11-14H2,1H3. The van der Waals surface area contributed by atoms with E-state index in [9.17, 15) is 9.90 Å². The van der Waals surface area contributed by atoms with Crippen molar-refractivity contribution in [3.63, 3.8) is 0 Å². The Labute approximate surface area is 159 Å². The molecule has 5 rings (SSSR count). The molecule has 4 nitrogen and oxygen atoms in total. The molecule has 27 heavy (non-hydrogen) atoms. The van der Waals surface area contributed by atoms with Crippen molar-refractivity contribution in [2.24, 2.45) is 13.0 Å². The largest absolute Gasteiger partial charge is 0.396 e. The number of Topliss-reactive ketones (excluding diaryl/α,β-unsaturated/α-hetero) is 1. The number of rotatable bonds is 3. The first-order chi connectivity index (χ1) is 13.2. The topological polar surface area (TPSA) is 45.5 Å². The second-order valence-electron chi connectivity index (χ2n) is 7.84. The van der Waals surface area contributed by atoms with Crippen LogP contribution in [0.25, 0.3) is 10.9 Å². The summed E-state index contributed by atoms with van der Waals surface area (Å²) in [5, 5.41) is 11.3. The lowest BCUT2D eigenvalue weighted by molar-refractivity contribution is -0.135. The number of benzene rings is 2. The Bertz CT molecular complexity index is 1010. The lowest BCUT2D eigenvalue weighted by Crippen LogP contribution is -2.55. The van der Waals surface area contributed by atoms with Crippen molar-refractivity contribution in [3.05, 3.63) is 71.4 Å². The SMILES string of the molecule is Cn1c2c(c3ccccc31)CC1C(CO)C(=O)CC2N1Cc1ccccc1. The van der Waals surface area contributed by atoms with Gasteiger partial charge < -0.3 is 9.67 Å². The molecule has 2 bridgehead atoms. The van der Waals surface area contributed by atoms with Gasteiger partial charge in [-0.05, 0) is 23.6 Å². The zero-order valence-corrected chi connectivity index (χ0v) is 15.5. The third-order valence-electron chi connectivity index (χ3n) is 6.49. The maximum Gasteiger partial charge on any atom is 0.141 e. The molecule has 3 unspecified atom stereocenters. The van der Waals surface area contributed by atoms with Crippen molar-refractivity contribution in [3.8, 4) is 0 Å². The highest BCUT2D eigenvalue weighted by Gasteiger charge is 2.47. The van der Waals surface area contributed by atoms with Crippen LogP contribution in [0.15, 0.2) is 54.6 Å². The normalized spacial score (nSPS) is 25.0. The molecule has 0 spiro atoms. The number of aromatic nitrogens is 1. The first kappa shape index (κ1) is 16.7. The summed E-state index contributed by atoms with van der Waals surface area (Å²) < 4.78 is 2.27. The Hall–Kier alpha value is -2.43. The molecule has 1 N–H and O–H groups in total. The van der Waals surface area contributed by atoms with Crippen LogP contribution in [-0.2, 0) is 24.8 Å². The molecule has 1 fully saturated rings. The number of aryl methyl sites for hydroxylation is 1. The molecule has 4 heteroatoms. The van der Waals surface area contributed by atoms with Gasteiger partial charge in [-0.1, -0.05) is 48.5 Å².